The number of aromatic hydroxyl groups is 1. The molecule has 2 rings (SSSR count). The van der Waals surface area contributed by atoms with E-state index in [0.717, 1.165) is 44.2 Å². The van der Waals surface area contributed by atoms with E-state index in [4.69, 9.17) is 0 Å². The number of hydrogen-bond donors (Lipinski definition) is 2. The minimum atomic E-state index is -3.38. The van der Waals surface area contributed by atoms with Crippen molar-refractivity contribution in [3.8, 4) is 5.75 Å². The number of piperidine rings is 1. The van der Waals surface area contributed by atoms with Crippen LogP contribution in [0, 0.1) is 5.92 Å². The molecule has 0 amide bonds. The van der Waals surface area contributed by atoms with E-state index in [9.17, 15) is 13.5 Å². The Labute approximate surface area is 108 Å². The summed E-state index contributed by atoms with van der Waals surface area (Å²) in [6.45, 7) is 1.97. The second kappa shape index (κ2) is 5.28. The van der Waals surface area contributed by atoms with Crippen LogP contribution in [0.4, 0.5) is 0 Å². The predicted octanol–water partition coefficient (Wildman–Crippen LogP) is 1.34. The van der Waals surface area contributed by atoms with Crippen molar-refractivity contribution in [3.05, 3.63) is 23.8 Å². The van der Waals surface area contributed by atoms with Crippen LogP contribution in [0.2, 0.25) is 0 Å². The maximum Gasteiger partial charge on any atom is 0.179 e. The number of nitrogens with one attached hydrogen (secondary N) is 1. The van der Waals surface area contributed by atoms with Crippen molar-refractivity contribution in [1.29, 1.82) is 0 Å². The van der Waals surface area contributed by atoms with Gasteiger partial charge in [-0.15, -0.1) is 0 Å². The van der Waals surface area contributed by atoms with E-state index in [0.29, 0.717) is 5.92 Å². The van der Waals surface area contributed by atoms with Crippen molar-refractivity contribution in [2.24, 2.45) is 5.92 Å². The highest BCUT2D eigenvalue weighted by atomic mass is 32.2. The first-order valence-corrected chi connectivity index (χ1v) is 8.09. The van der Waals surface area contributed by atoms with Gasteiger partial charge >= 0.3 is 0 Å². The molecule has 0 aromatic heterocycles. The minimum absolute atomic E-state index is 0.100. The lowest BCUT2D eigenvalue weighted by atomic mass is 9.91. The van der Waals surface area contributed by atoms with E-state index in [1.54, 1.807) is 12.1 Å². The van der Waals surface area contributed by atoms with Crippen LogP contribution in [0.1, 0.15) is 18.4 Å². The van der Waals surface area contributed by atoms with Gasteiger partial charge < -0.3 is 10.4 Å². The lowest BCUT2D eigenvalue weighted by Crippen LogP contribution is -2.28. The van der Waals surface area contributed by atoms with Gasteiger partial charge in [0.05, 0.1) is 0 Å². The fraction of sp³-hybridized carbons (Fsp3) is 0.538. The Balaban J connectivity index is 2.30. The number of sulfone groups is 1. The quantitative estimate of drug-likeness (QED) is 0.869. The second-order valence-electron chi connectivity index (χ2n) is 4.94. The molecule has 0 aliphatic carbocycles. The molecule has 5 heteroatoms. The van der Waals surface area contributed by atoms with Crippen LogP contribution in [0.15, 0.2) is 23.1 Å². The van der Waals surface area contributed by atoms with Crippen LogP contribution < -0.4 is 5.32 Å². The molecule has 1 aromatic carbocycles. The van der Waals surface area contributed by atoms with Gasteiger partial charge in [0, 0.05) is 6.26 Å². The monoisotopic (exact) mass is 269 g/mol. The third kappa shape index (κ3) is 3.03. The standard InChI is InChI=1S/C13H19NO3S/c1-18(16,17)13-11(3-2-4-12(13)15)9-10-5-7-14-8-6-10/h2-4,10,14-15H,5-9H2,1H3. The van der Waals surface area contributed by atoms with Gasteiger partial charge in [-0.2, -0.15) is 0 Å². The molecule has 1 aliphatic heterocycles. The maximum atomic E-state index is 11.7. The van der Waals surface area contributed by atoms with Gasteiger partial charge in [0.15, 0.2) is 9.84 Å². The Hall–Kier alpha value is -1.07. The van der Waals surface area contributed by atoms with Crippen LogP contribution in [-0.4, -0.2) is 32.9 Å². The molecule has 2 N–H and O–H groups in total. The number of hydrogen-bond acceptors (Lipinski definition) is 4. The first-order chi connectivity index (χ1) is 8.48. The fourth-order valence-corrected chi connectivity index (χ4v) is 3.63. The summed E-state index contributed by atoms with van der Waals surface area (Å²) in [4.78, 5) is 0.100. The van der Waals surface area contributed by atoms with Crippen molar-refractivity contribution in [3.63, 3.8) is 0 Å². The first kappa shape index (κ1) is 13.4. The lowest BCUT2D eigenvalue weighted by Gasteiger charge is -2.23. The summed E-state index contributed by atoms with van der Waals surface area (Å²) >= 11 is 0. The van der Waals surface area contributed by atoms with Gasteiger partial charge in [-0.1, -0.05) is 12.1 Å². The van der Waals surface area contributed by atoms with Gasteiger partial charge in [-0.25, -0.2) is 8.42 Å². The molecule has 1 fully saturated rings. The summed E-state index contributed by atoms with van der Waals surface area (Å²) in [6, 6.07) is 4.95. The molecule has 0 saturated carbocycles. The molecule has 0 atom stereocenters. The number of phenols is 1. The van der Waals surface area contributed by atoms with E-state index in [-0.39, 0.29) is 10.6 Å². The van der Waals surface area contributed by atoms with E-state index in [2.05, 4.69) is 5.32 Å². The van der Waals surface area contributed by atoms with Crippen LogP contribution in [-0.2, 0) is 16.3 Å². The zero-order valence-corrected chi connectivity index (χ0v) is 11.3. The molecule has 0 radical (unpaired) electrons. The molecule has 1 saturated heterocycles. The highest BCUT2D eigenvalue weighted by Gasteiger charge is 2.21. The molecule has 100 valence electrons. The predicted molar refractivity (Wildman–Crippen MR) is 70.5 cm³/mol. The Morgan fingerprint density at radius 2 is 2.00 bits per heavy atom. The molecule has 0 bridgehead atoms. The smallest absolute Gasteiger partial charge is 0.179 e. The summed E-state index contributed by atoms with van der Waals surface area (Å²) < 4.78 is 23.5. The van der Waals surface area contributed by atoms with Gasteiger partial charge in [0.1, 0.15) is 10.6 Å². The number of phenolic OH excluding ortho intramolecular Hbond substituents is 1. The molecule has 1 aliphatic rings. The van der Waals surface area contributed by atoms with Crippen molar-refractivity contribution in [2.75, 3.05) is 19.3 Å². The SMILES string of the molecule is CS(=O)(=O)c1c(O)cccc1CC1CCNCC1. The van der Waals surface area contributed by atoms with Gasteiger partial charge in [-0.3, -0.25) is 0 Å². The Morgan fingerprint density at radius 3 is 2.61 bits per heavy atom. The van der Waals surface area contributed by atoms with Crippen LogP contribution >= 0.6 is 0 Å². The maximum absolute atomic E-state index is 11.7. The molecule has 1 aromatic rings. The molecule has 0 unspecified atom stereocenters. The topological polar surface area (TPSA) is 66.4 Å². The van der Waals surface area contributed by atoms with Crippen LogP contribution in [0.5, 0.6) is 5.75 Å². The molecule has 18 heavy (non-hydrogen) atoms. The normalized spacial score (nSPS) is 17.8. The highest BCUT2D eigenvalue weighted by Crippen LogP contribution is 2.29. The van der Waals surface area contributed by atoms with E-state index >= 15 is 0 Å². The first-order valence-electron chi connectivity index (χ1n) is 6.20. The van der Waals surface area contributed by atoms with Gasteiger partial charge in [-0.05, 0) is 49.9 Å². The van der Waals surface area contributed by atoms with Crippen molar-refractivity contribution >= 4 is 9.84 Å². The summed E-state index contributed by atoms with van der Waals surface area (Å²) in [5.41, 5.74) is 0.740. The average Bonchev–Trinajstić information content (AvgIpc) is 2.28. The third-order valence-corrected chi connectivity index (χ3v) is 4.63. The molecule has 0 spiro atoms. The summed E-state index contributed by atoms with van der Waals surface area (Å²) in [6.07, 6.45) is 3.98. The Kier molecular flexibility index (Phi) is 3.92. The van der Waals surface area contributed by atoms with Gasteiger partial charge in [0.25, 0.3) is 0 Å². The van der Waals surface area contributed by atoms with E-state index in [1.165, 1.54) is 6.07 Å². The molecular weight excluding hydrogens is 250 g/mol. The van der Waals surface area contributed by atoms with Crippen molar-refractivity contribution in [1.82, 2.24) is 5.32 Å². The Morgan fingerprint density at radius 1 is 1.33 bits per heavy atom. The largest absolute Gasteiger partial charge is 0.507 e. The van der Waals surface area contributed by atoms with Crippen LogP contribution in [0.25, 0.3) is 0 Å². The zero-order valence-electron chi connectivity index (χ0n) is 10.5. The average molecular weight is 269 g/mol. The number of rotatable bonds is 3. The summed E-state index contributed by atoms with van der Waals surface area (Å²) in [5.74, 6) is 0.359. The summed E-state index contributed by atoms with van der Waals surface area (Å²) in [7, 11) is -3.38. The second-order valence-corrected chi connectivity index (χ2v) is 6.89. The van der Waals surface area contributed by atoms with Gasteiger partial charge in [0.2, 0.25) is 0 Å². The zero-order chi connectivity index (χ0) is 13.2. The fourth-order valence-electron chi connectivity index (χ4n) is 2.56. The van der Waals surface area contributed by atoms with Crippen LogP contribution in [0.3, 0.4) is 0 Å². The Bertz CT molecular complexity index is 519. The minimum Gasteiger partial charge on any atom is -0.507 e. The number of benzene rings is 1. The molecule has 4 nitrogen and oxygen atoms in total. The summed E-state index contributed by atoms with van der Waals surface area (Å²) in [5, 5.41) is 13.1. The van der Waals surface area contributed by atoms with E-state index < -0.39 is 9.84 Å². The molecule has 1 heterocycles. The lowest BCUT2D eigenvalue weighted by molar-refractivity contribution is 0.369. The third-order valence-electron chi connectivity index (χ3n) is 3.41. The van der Waals surface area contributed by atoms with Crippen molar-refractivity contribution in [2.45, 2.75) is 24.2 Å². The van der Waals surface area contributed by atoms with E-state index in [1.807, 2.05) is 0 Å². The highest BCUT2D eigenvalue weighted by molar-refractivity contribution is 7.90. The van der Waals surface area contributed by atoms with Crippen molar-refractivity contribution < 1.29 is 13.5 Å². The molecular formula is C13H19NO3S.